The van der Waals surface area contributed by atoms with Gasteiger partial charge < -0.3 is 5.73 Å². The van der Waals surface area contributed by atoms with Crippen LogP contribution in [0.4, 0.5) is 0 Å². The average molecular weight is 297 g/mol. The maximum Gasteiger partial charge on any atom is 0.0247 e. The molecule has 2 nitrogen and oxygen atoms in total. The predicted molar refractivity (Wildman–Crippen MR) is 75.9 cm³/mol. The van der Waals surface area contributed by atoms with Crippen LogP contribution < -0.4 is 5.73 Å². The van der Waals surface area contributed by atoms with E-state index >= 15 is 0 Å². The molecule has 3 heteroatoms. The molecule has 0 amide bonds. The molecule has 2 atom stereocenters. The Morgan fingerprint density at radius 2 is 2.24 bits per heavy atom. The Hall–Kier alpha value is -0.380. The SMILES string of the molecule is Cc1ccc(CN2CC(CN)CC2C)c(Br)c1. The Morgan fingerprint density at radius 1 is 1.47 bits per heavy atom. The quantitative estimate of drug-likeness (QED) is 0.929. The number of benzene rings is 1. The van der Waals surface area contributed by atoms with E-state index in [0.29, 0.717) is 12.0 Å². The number of nitrogens with two attached hydrogens (primary N) is 1. The van der Waals surface area contributed by atoms with Gasteiger partial charge in [0.05, 0.1) is 0 Å². The Morgan fingerprint density at radius 3 is 2.82 bits per heavy atom. The van der Waals surface area contributed by atoms with Gasteiger partial charge in [0.25, 0.3) is 0 Å². The topological polar surface area (TPSA) is 29.3 Å². The Bertz CT molecular complexity index is 392. The Balaban J connectivity index is 2.06. The average Bonchev–Trinajstić information content (AvgIpc) is 2.64. The standard InChI is InChI=1S/C14H21BrN2/c1-10-3-4-13(14(15)5-10)9-17-8-12(7-16)6-11(17)2/h3-5,11-12H,6-9,16H2,1-2H3. The van der Waals surface area contributed by atoms with Crippen molar-refractivity contribution in [2.45, 2.75) is 32.9 Å². The monoisotopic (exact) mass is 296 g/mol. The number of hydrogen-bond donors (Lipinski definition) is 1. The maximum absolute atomic E-state index is 5.77. The summed E-state index contributed by atoms with van der Waals surface area (Å²) in [4.78, 5) is 2.53. The second-order valence-corrected chi connectivity index (χ2v) is 6.07. The van der Waals surface area contributed by atoms with E-state index in [1.54, 1.807) is 0 Å². The molecule has 17 heavy (non-hydrogen) atoms. The molecule has 1 aromatic rings. The first kappa shape index (κ1) is 13.1. The van der Waals surface area contributed by atoms with Crippen LogP contribution in [0.25, 0.3) is 0 Å². The van der Waals surface area contributed by atoms with Crippen molar-refractivity contribution in [1.82, 2.24) is 4.90 Å². The van der Waals surface area contributed by atoms with Gasteiger partial charge in [-0.2, -0.15) is 0 Å². The largest absolute Gasteiger partial charge is 0.330 e. The summed E-state index contributed by atoms with van der Waals surface area (Å²) in [6.45, 7) is 7.40. The molecule has 2 rings (SSSR count). The summed E-state index contributed by atoms with van der Waals surface area (Å²) >= 11 is 3.66. The van der Waals surface area contributed by atoms with E-state index in [2.05, 4.69) is 52.9 Å². The highest BCUT2D eigenvalue weighted by Crippen LogP contribution is 2.27. The van der Waals surface area contributed by atoms with Crippen LogP contribution in [0, 0.1) is 12.8 Å². The summed E-state index contributed by atoms with van der Waals surface area (Å²) < 4.78 is 1.22. The molecule has 0 radical (unpaired) electrons. The van der Waals surface area contributed by atoms with Crippen LogP contribution in [0.5, 0.6) is 0 Å². The van der Waals surface area contributed by atoms with Crippen molar-refractivity contribution in [3.63, 3.8) is 0 Å². The molecule has 0 bridgehead atoms. The van der Waals surface area contributed by atoms with Crippen LogP contribution in [0.15, 0.2) is 22.7 Å². The second-order valence-electron chi connectivity index (χ2n) is 5.21. The fraction of sp³-hybridized carbons (Fsp3) is 0.571. The van der Waals surface area contributed by atoms with Crippen molar-refractivity contribution in [3.05, 3.63) is 33.8 Å². The normalized spacial score (nSPS) is 25.4. The lowest BCUT2D eigenvalue weighted by atomic mass is 10.1. The number of aryl methyl sites for hydroxylation is 1. The third kappa shape index (κ3) is 3.09. The van der Waals surface area contributed by atoms with Gasteiger partial charge in [0.15, 0.2) is 0 Å². The zero-order valence-corrected chi connectivity index (χ0v) is 12.2. The van der Waals surface area contributed by atoms with Gasteiger partial charge in [-0.25, -0.2) is 0 Å². The van der Waals surface area contributed by atoms with Gasteiger partial charge in [0.1, 0.15) is 0 Å². The zero-order valence-electron chi connectivity index (χ0n) is 10.6. The van der Waals surface area contributed by atoms with Crippen LogP contribution in [-0.2, 0) is 6.54 Å². The molecule has 0 aliphatic carbocycles. The molecule has 1 aliphatic heterocycles. The Labute approximate surface area is 112 Å². The molecule has 1 aromatic carbocycles. The van der Waals surface area contributed by atoms with E-state index < -0.39 is 0 Å². The highest BCUT2D eigenvalue weighted by atomic mass is 79.9. The van der Waals surface area contributed by atoms with Crippen LogP contribution in [0.2, 0.25) is 0 Å². The fourth-order valence-electron chi connectivity index (χ4n) is 2.61. The van der Waals surface area contributed by atoms with Gasteiger partial charge in [-0.05, 0) is 49.9 Å². The molecular weight excluding hydrogens is 276 g/mol. The van der Waals surface area contributed by atoms with E-state index in [1.807, 2.05) is 0 Å². The van der Waals surface area contributed by atoms with Crippen LogP contribution in [0.3, 0.4) is 0 Å². The van der Waals surface area contributed by atoms with Crippen LogP contribution >= 0.6 is 15.9 Å². The zero-order chi connectivity index (χ0) is 12.4. The summed E-state index contributed by atoms with van der Waals surface area (Å²) in [5.74, 6) is 0.675. The van der Waals surface area contributed by atoms with Gasteiger partial charge in [0.2, 0.25) is 0 Å². The molecule has 0 aromatic heterocycles. The third-order valence-electron chi connectivity index (χ3n) is 3.71. The van der Waals surface area contributed by atoms with E-state index in [4.69, 9.17) is 5.73 Å². The number of halogens is 1. The molecule has 0 saturated carbocycles. The van der Waals surface area contributed by atoms with Gasteiger partial charge in [-0.3, -0.25) is 4.90 Å². The molecule has 1 aliphatic rings. The summed E-state index contributed by atoms with van der Waals surface area (Å²) in [6, 6.07) is 7.25. The van der Waals surface area contributed by atoms with E-state index in [0.717, 1.165) is 19.6 Å². The smallest absolute Gasteiger partial charge is 0.0247 e. The van der Waals surface area contributed by atoms with Crippen molar-refractivity contribution >= 4 is 15.9 Å². The summed E-state index contributed by atoms with van der Waals surface area (Å²) in [5.41, 5.74) is 8.44. The first-order valence-corrected chi connectivity index (χ1v) is 7.08. The van der Waals surface area contributed by atoms with Crippen molar-refractivity contribution in [3.8, 4) is 0 Å². The minimum absolute atomic E-state index is 0.650. The minimum Gasteiger partial charge on any atom is -0.330 e. The molecule has 1 fully saturated rings. The number of likely N-dealkylation sites (tertiary alicyclic amines) is 1. The summed E-state index contributed by atoms with van der Waals surface area (Å²) in [7, 11) is 0. The van der Waals surface area contributed by atoms with Gasteiger partial charge in [0, 0.05) is 23.6 Å². The lowest BCUT2D eigenvalue weighted by Crippen LogP contribution is -2.27. The maximum atomic E-state index is 5.77. The number of hydrogen-bond acceptors (Lipinski definition) is 2. The molecule has 1 heterocycles. The summed E-state index contributed by atoms with van der Waals surface area (Å²) in [5, 5.41) is 0. The highest BCUT2D eigenvalue weighted by Gasteiger charge is 2.28. The van der Waals surface area contributed by atoms with Gasteiger partial charge >= 0.3 is 0 Å². The predicted octanol–water partition coefficient (Wildman–Crippen LogP) is 2.93. The molecule has 0 spiro atoms. The minimum atomic E-state index is 0.650. The lowest BCUT2D eigenvalue weighted by Gasteiger charge is -2.21. The van der Waals surface area contributed by atoms with Crippen molar-refractivity contribution in [2.24, 2.45) is 11.7 Å². The van der Waals surface area contributed by atoms with Gasteiger partial charge in [-0.15, -0.1) is 0 Å². The molecular formula is C14H21BrN2. The van der Waals surface area contributed by atoms with E-state index in [1.165, 1.54) is 22.0 Å². The summed E-state index contributed by atoms with van der Waals surface area (Å²) in [6.07, 6.45) is 1.24. The van der Waals surface area contributed by atoms with Crippen molar-refractivity contribution < 1.29 is 0 Å². The molecule has 2 unspecified atom stereocenters. The number of nitrogens with zero attached hydrogens (tertiary/aromatic N) is 1. The number of rotatable bonds is 3. The Kier molecular flexibility index (Phi) is 4.23. The van der Waals surface area contributed by atoms with Gasteiger partial charge in [-0.1, -0.05) is 28.1 Å². The van der Waals surface area contributed by atoms with Crippen molar-refractivity contribution in [2.75, 3.05) is 13.1 Å². The molecule has 2 N–H and O–H groups in total. The molecule has 1 saturated heterocycles. The molecule has 94 valence electrons. The first-order chi connectivity index (χ1) is 8.10. The second kappa shape index (κ2) is 5.51. The highest BCUT2D eigenvalue weighted by molar-refractivity contribution is 9.10. The van der Waals surface area contributed by atoms with Crippen molar-refractivity contribution in [1.29, 1.82) is 0 Å². The van der Waals surface area contributed by atoms with E-state index in [9.17, 15) is 0 Å². The van der Waals surface area contributed by atoms with E-state index in [-0.39, 0.29) is 0 Å². The third-order valence-corrected chi connectivity index (χ3v) is 4.44. The van der Waals surface area contributed by atoms with Crippen LogP contribution in [-0.4, -0.2) is 24.0 Å². The fourth-order valence-corrected chi connectivity index (χ4v) is 3.23. The first-order valence-electron chi connectivity index (χ1n) is 6.29. The lowest BCUT2D eigenvalue weighted by molar-refractivity contribution is 0.255. The van der Waals surface area contributed by atoms with Crippen LogP contribution in [0.1, 0.15) is 24.5 Å².